The zero-order valence-corrected chi connectivity index (χ0v) is 10.6. The molecule has 1 heterocycles. The molecule has 0 saturated heterocycles. The highest BCUT2D eigenvalue weighted by Gasteiger charge is 2.07. The SMILES string of the molecule is Cc1ccc(Oc2nnc(CCl)s2)c(C)c1. The van der Waals surface area contributed by atoms with Gasteiger partial charge in [-0.05, 0) is 25.5 Å². The topological polar surface area (TPSA) is 35.0 Å². The molecule has 3 nitrogen and oxygen atoms in total. The lowest BCUT2D eigenvalue weighted by molar-refractivity contribution is 0.469. The van der Waals surface area contributed by atoms with Gasteiger partial charge in [0.2, 0.25) is 0 Å². The smallest absolute Gasteiger partial charge is 0.299 e. The van der Waals surface area contributed by atoms with Crippen molar-refractivity contribution in [1.82, 2.24) is 10.2 Å². The highest BCUT2D eigenvalue weighted by molar-refractivity contribution is 7.13. The molecule has 0 aliphatic rings. The van der Waals surface area contributed by atoms with Crippen LogP contribution in [0.5, 0.6) is 10.9 Å². The van der Waals surface area contributed by atoms with Crippen molar-refractivity contribution >= 4 is 22.9 Å². The Bertz CT molecular complexity index is 498. The van der Waals surface area contributed by atoms with Crippen molar-refractivity contribution in [1.29, 1.82) is 0 Å². The molecule has 0 fully saturated rings. The molecule has 2 aromatic rings. The molecule has 0 spiro atoms. The second-order valence-electron chi connectivity index (χ2n) is 3.47. The number of ether oxygens (including phenoxy) is 1. The fraction of sp³-hybridized carbons (Fsp3) is 0.273. The van der Waals surface area contributed by atoms with Crippen LogP contribution in [0.15, 0.2) is 18.2 Å². The van der Waals surface area contributed by atoms with Crippen molar-refractivity contribution in [3.8, 4) is 10.9 Å². The summed E-state index contributed by atoms with van der Waals surface area (Å²) in [5.41, 5.74) is 2.30. The van der Waals surface area contributed by atoms with Gasteiger partial charge in [0.1, 0.15) is 10.8 Å². The molecule has 0 amide bonds. The standard InChI is InChI=1S/C11H11ClN2OS/c1-7-3-4-9(8(2)5-7)15-11-14-13-10(6-12)16-11/h3-5H,6H2,1-2H3. The summed E-state index contributed by atoms with van der Waals surface area (Å²) in [4.78, 5) is 0. The van der Waals surface area contributed by atoms with Crippen molar-refractivity contribution in [2.45, 2.75) is 19.7 Å². The summed E-state index contributed by atoms with van der Waals surface area (Å²) in [5, 5.41) is 9.09. The average Bonchev–Trinajstić information content (AvgIpc) is 2.70. The zero-order valence-electron chi connectivity index (χ0n) is 9.03. The van der Waals surface area contributed by atoms with Gasteiger partial charge in [-0.2, -0.15) is 0 Å². The Morgan fingerprint density at radius 2 is 2.12 bits per heavy atom. The van der Waals surface area contributed by atoms with Crippen LogP contribution < -0.4 is 4.74 Å². The van der Waals surface area contributed by atoms with Crippen molar-refractivity contribution in [2.24, 2.45) is 0 Å². The quantitative estimate of drug-likeness (QED) is 0.784. The normalized spacial score (nSPS) is 10.4. The number of aryl methyl sites for hydroxylation is 2. The molecule has 0 aliphatic carbocycles. The van der Waals surface area contributed by atoms with E-state index in [2.05, 4.69) is 16.3 Å². The van der Waals surface area contributed by atoms with Crippen LogP contribution in [0.2, 0.25) is 0 Å². The molecule has 0 unspecified atom stereocenters. The first-order chi connectivity index (χ1) is 7.69. The minimum Gasteiger partial charge on any atom is -0.430 e. The van der Waals surface area contributed by atoms with Gasteiger partial charge < -0.3 is 4.74 Å². The van der Waals surface area contributed by atoms with Crippen LogP contribution in [0.25, 0.3) is 0 Å². The third-order valence-electron chi connectivity index (χ3n) is 2.09. The Balaban J connectivity index is 2.20. The molecular weight excluding hydrogens is 244 g/mol. The Kier molecular flexibility index (Phi) is 3.41. The van der Waals surface area contributed by atoms with Gasteiger partial charge in [0, 0.05) is 0 Å². The maximum absolute atomic E-state index is 5.65. The maximum atomic E-state index is 5.65. The van der Waals surface area contributed by atoms with Gasteiger partial charge in [-0.25, -0.2) is 0 Å². The number of alkyl halides is 1. The third kappa shape index (κ3) is 2.51. The van der Waals surface area contributed by atoms with Crippen molar-refractivity contribution in [3.05, 3.63) is 34.3 Å². The van der Waals surface area contributed by atoms with E-state index < -0.39 is 0 Å². The molecule has 1 aromatic carbocycles. The maximum Gasteiger partial charge on any atom is 0.299 e. The molecule has 16 heavy (non-hydrogen) atoms. The minimum absolute atomic E-state index is 0.369. The van der Waals surface area contributed by atoms with Crippen LogP contribution in [0.1, 0.15) is 16.1 Å². The number of halogens is 1. The summed E-state index contributed by atoms with van der Waals surface area (Å²) >= 11 is 7.01. The van der Waals surface area contributed by atoms with E-state index in [4.69, 9.17) is 16.3 Å². The Hall–Kier alpha value is -1.13. The first-order valence-corrected chi connectivity index (χ1v) is 6.17. The van der Waals surface area contributed by atoms with Crippen LogP contribution in [0.4, 0.5) is 0 Å². The van der Waals surface area contributed by atoms with E-state index in [1.54, 1.807) is 0 Å². The number of hydrogen-bond acceptors (Lipinski definition) is 4. The summed E-state index contributed by atoms with van der Waals surface area (Å²) in [5.74, 6) is 1.18. The predicted molar refractivity (Wildman–Crippen MR) is 65.5 cm³/mol. The number of rotatable bonds is 3. The highest BCUT2D eigenvalue weighted by atomic mass is 35.5. The summed E-state index contributed by atoms with van der Waals surface area (Å²) in [6.07, 6.45) is 0. The number of nitrogens with zero attached hydrogens (tertiary/aromatic N) is 2. The molecule has 0 radical (unpaired) electrons. The monoisotopic (exact) mass is 254 g/mol. The molecule has 5 heteroatoms. The Morgan fingerprint density at radius 1 is 1.31 bits per heavy atom. The summed E-state index contributed by atoms with van der Waals surface area (Å²) in [7, 11) is 0. The van der Waals surface area contributed by atoms with Crippen LogP contribution >= 0.6 is 22.9 Å². The fourth-order valence-electron chi connectivity index (χ4n) is 1.34. The second-order valence-corrected chi connectivity index (χ2v) is 4.76. The fourth-order valence-corrected chi connectivity index (χ4v) is 2.11. The predicted octanol–water partition coefficient (Wildman–Crippen LogP) is 3.69. The van der Waals surface area contributed by atoms with Crippen LogP contribution in [-0.2, 0) is 5.88 Å². The van der Waals surface area contributed by atoms with Crippen LogP contribution in [0.3, 0.4) is 0 Å². The molecule has 0 atom stereocenters. The Morgan fingerprint density at radius 3 is 2.75 bits per heavy atom. The highest BCUT2D eigenvalue weighted by Crippen LogP contribution is 2.28. The summed E-state index contributed by atoms with van der Waals surface area (Å²) in [6.45, 7) is 4.05. The number of benzene rings is 1. The lowest BCUT2D eigenvalue weighted by atomic mass is 10.1. The van der Waals surface area contributed by atoms with Crippen molar-refractivity contribution < 1.29 is 4.74 Å². The van der Waals surface area contributed by atoms with Crippen LogP contribution in [0, 0.1) is 13.8 Å². The van der Waals surface area contributed by atoms with Gasteiger partial charge in [-0.3, -0.25) is 0 Å². The molecule has 0 N–H and O–H groups in total. The average molecular weight is 255 g/mol. The zero-order chi connectivity index (χ0) is 11.5. The lowest BCUT2D eigenvalue weighted by Crippen LogP contribution is -1.87. The minimum atomic E-state index is 0.369. The summed E-state index contributed by atoms with van der Waals surface area (Å²) < 4.78 is 5.63. The largest absolute Gasteiger partial charge is 0.430 e. The van der Waals surface area contributed by atoms with E-state index in [0.717, 1.165) is 16.3 Å². The van der Waals surface area contributed by atoms with E-state index in [1.165, 1.54) is 16.9 Å². The molecule has 0 aliphatic heterocycles. The van der Waals surface area contributed by atoms with E-state index in [0.29, 0.717) is 11.1 Å². The third-order valence-corrected chi connectivity index (χ3v) is 3.30. The van der Waals surface area contributed by atoms with Crippen molar-refractivity contribution in [3.63, 3.8) is 0 Å². The van der Waals surface area contributed by atoms with E-state index >= 15 is 0 Å². The molecular formula is C11H11ClN2OS. The van der Waals surface area contributed by atoms with E-state index in [1.807, 2.05) is 26.0 Å². The van der Waals surface area contributed by atoms with Gasteiger partial charge in [0.25, 0.3) is 5.19 Å². The van der Waals surface area contributed by atoms with E-state index in [-0.39, 0.29) is 0 Å². The first-order valence-electron chi connectivity index (χ1n) is 4.82. The van der Waals surface area contributed by atoms with Crippen LogP contribution in [-0.4, -0.2) is 10.2 Å². The van der Waals surface area contributed by atoms with Gasteiger partial charge in [-0.1, -0.05) is 34.1 Å². The first kappa shape index (κ1) is 11.4. The van der Waals surface area contributed by atoms with Gasteiger partial charge >= 0.3 is 0 Å². The number of aromatic nitrogens is 2. The second kappa shape index (κ2) is 4.80. The van der Waals surface area contributed by atoms with E-state index in [9.17, 15) is 0 Å². The molecule has 0 bridgehead atoms. The lowest BCUT2D eigenvalue weighted by Gasteiger charge is -2.05. The van der Waals surface area contributed by atoms with Crippen molar-refractivity contribution in [2.75, 3.05) is 0 Å². The van der Waals surface area contributed by atoms with Gasteiger partial charge in [0.15, 0.2) is 0 Å². The molecule has 2 rings (SSSR count). The number of hydrogen-bond donors (Lipinski definition) is 0. The van der Waals surface area contributed by atoms with Gasteiger partial charge in [0.05, 0.1) is 5.88 Å². The summed E-state index contributed by atoms with van der Waals surface area (Å²) in [6, 6.07) is 6.01. The molecule has 0 saturated carbocycles. The Labute approximate surface area is 103 Å². The molecule has 84 valence electrons. The van der Waals surface area contributed by atoms with Gasteiger partial charge in [-0.15, -0.1) is 16.7 Å². The molecule has 1 aromatic heterocycles.